The predicted octanol–water partition coefficient (Wildman–Crippen LogP) is 4.31. The number of hydrogen-bond donors (Lipinski definition) is 1. The number of carbonyl (C=O) groups is 1. The Labute approximate surface area is 125 Å². The molecule has 19 heavy (non-hydrogen) atoms. The van der Waals surface area contributed by atoms with Crippen molar-refractivity contribution in [2.45, 2.75) is 19.8 Å². The average molecular weight is 339 g/mol. The summed E-state index contributed by atoms with van der Waals surface area (Å²) < 4.78 is 1.02. The van der Waals surface area contributed by atoms with Gasteiger partial charge in [0.2, 0.25) is 0 Å². The first-order valence-corrected chi connectivity index (χ1v) is 7.73. The van der Waals surface area contributed by atoms with Crippen molar-refractivity contribution < 1.29 is 9.90 Å². The molecule has 0 amide bonds. The van der Waals surface area contributed by atoms with E-state index < -0.39 is 5.97 Å². The molecule has 0 bridgehead atoms. The summed E-state index contributed by atoms with van der Waals surface area (Å²) in [5, 5.41) is 11.3. The molecule has 1 aromatic carbocycles. The molecule has 0 aliphatic carbocycles. The lowest BCUT2D eigenvalue weighted by atomic mass is 9.95. The number of carboxylic acid groups (broad SMARTS) is 1. The Morgan fingerprint density at radius 1 is 1.32 bits per heavy atom. The molecule has 100 valence electrons. The Bertz CT molecular complexity index is 560. The highest BCUT2D eigenvalue weighted by Crippen LogP contribution is 2.24. The van der Waals surface area contributed by atoms with Crippen LogP contribution in [0.15, 0.2) is 40.2 Å². The largest absolute Gasteiger partial charge is 0.481 e. The molecule has 0 aliphatic heterocycles. The summed E-state index contributed by atoms with van der Waals surface area (Å²) in [5.41, 5.74) is 2.27. The summed E-state index contributed by atoms with van der Waals surface area (Å²) in [5.74, 6) is -1.10. The third-order valence-electron chi connectivity index (χ3n) is 3.02. The molecule has 0 aliphatic rings. The molecule has 1 aromatic heterocycles. The lowest BCUT2D eigenvalue weighted by Gasteiger charge is -2.11. The number of thiophene rings is 1. The van der Waals surface area contributed by atoms with E-state index >= 15 is 0 Å². The maximum Gasteiger partial charge on any atom is 0.307 e. The van der Waals surface area contributed by atoms with Crippen LogP contribution in [-0.4, -0.2) is 11.1 Å². The lowest BCUT2D eigenvalue weighted by Crippen LogP contribution is -2.18. The Kier molecular flexibility index (Phi) is 4.77. The van der Waals surface area contributed by atoms with Gasteiger partial charge in [-0.2, -0.15) is 0 Å². The van der Waals surface area contributed by atoms with Gasteiger partial charge in [0.25, 0.3) is 0 Å². The molecule has 2 rings (SSSR count). The fourth-order valence-corrected chi connectivity index (χ4v) is 3.49. The van der Waals surface area contributed by atoms with Crippen LogP contribution in [0.1, 0.15) is 16.0 Å². The molecular formula is C15H15BrO2S. The van der Waals surface area contributed by atoms with E-state index in [1.807, 2.05) is 42.6 Å². The van der Waals surface area contributed by atoms with Gasteiger partial charge < -0.3 is 5.11 Å². The minimum absolute atomic E-state index is 0.367. The highest BCUT2D eigenvalue weighted by Gasteiger charge is 2.19. The van der Waals surface area contributed by atoms with Gasteiger partial charge in [0.1, 0.15) is 0 Å². The Morgan fingerprint density at radius 3 is 2.53 bits per heavy atom. The minimum atomic E-state index is -0.731. The molecule has 2 aromatic rings. The van der Waals surface area contributed by atoms with Crippen LogP contribution < -0.4 is 0 Å². The molecule has 1 N–H and O–H groups in total. The van der Waals surface area contributed by atoms with E-state index in [2.05, 4.69) is 15.9 Å². The number of aryl methyl sites for hydroxylation is 1. The summed E-state index contributed by atoms with van der Waals surface area (Å²) >= 11 is 4.99. The van der Waals surface area contributed by atoms with E-state index in [4.69, 9.17) is 0 Å². The van der Waals surface area contributed by atoms with Crippen molar-refractivity contribution in [1.29, 1.82) is 0 Å². The van der Waals surface area contributed by atoms with Gasteiger partial charge in [-0.3, -0.25) is 4.79 Å². The standard InChI is InChI=1S/C15H15BrO2S/c1-10-2-4-11(5-3-10)6-12(15(17)18)7-14-8-13(16)9-19-14/h2-5,8-9,12H,6-7H2,1H3,(H,17,18). The molecule has 0 saturated heterocycles. The second-order valence-corrected chi connectivity index (χ2v) is 6.57. The highest BCUT2D eigenvalue weighted by atomic mass is 79.9. The van der Waals surface area contributed by atoms with Gasteiger partial charge >= 0.3 is 5.97 Å². The fraction of sp³-hybridized carbons (Fsp3) is 0.267. The van der Waals surface area contributed by atoms with Crippen molar-refractivity contribution in [2.24, 2.45) is 5.92 Å². The number of halogens is 1. The monoisotopic (exact) mass is 338 g/mol. The van der Waals surface area contributed by atoms with Crippen LogP contribution in [0.2, 0.25) is 0 Å². The van der Waals surface area contributed by atoms with Crippen LogP contribution >= 0.6 is 27.3 Å². The molecule has 1 heterocycles. The predicted molar refractivity (Wildman–Crippen MR) is 81.7 cm³/mol. The first-order valence-electron chi connectivity index (χ1n) is 6.06. The second-order valence-electron chi connectivity index (χ2n) is 4.66. The minimum Gasteiger partial charge on any atom is -0.481 e. The third kappa shape index (κ3) is 4.18. The van der Waals surface area contributed by atoms with Gasteiger partial charge in [-0.15, -0.1) is 11.3 Å². The second kappa shape index (κ2) is 6.35. The van der Waals surface area contributed by atoms with Crippen LogP contribution in [0, 0.1) is 12.8 Å². The maximum absolute atomic E-state index is 11.4. The topological polar surface area (TPSA) is 37.3 Å². The smallest absolute Gasteiger partial charge is 0.307 e. The summed E-state index contributed by atoms with van der Waals surface area (Å²) in [6.45, 7) is 2.03. The van der Waals surface area contributed by atoms with Crippen molar-refractivity contribution in [3.8, 4) is 0 Å². The lowest BCUT2D eigenvalue weighted by molar-refractivity contribution is -0.141. The summed E-state index contributed by atoms with van der Waals surface area (Å²) in [4.78, 5) is 12.5. The molecule has 1 atom stereocenters. The van der Waals surface area contributed by atoms with Gasteiger partial charge in [0, 0.05) is 14.7 Å². The number of rotatable bonds is 5. The zero-order valence-corrected chi connectivity index (χ0v) is 13.0. The van der Waals surface area contributed by atoms with Crippen molar-refractivity contribution >= 4 is 33.2 Å². The number of hydrogen-bond acceptors (Lipinski definition) is 2. The van der Waals surface area contributed by atoms with Crippen molar-refractivity contribution in [1.82, 2.24) is 0 Å². The Hall–Kier alpha value is -1.13. The Balaban J connectivity index is 2.08. The first-order chi connectivity index (χ1) is 9.04. The van der Waals surface area contributed by atoms with E-state index in [1.54, 1.807) is 11.3 Å². The van der Waals surface area contributed by atoms with E-state index in [-0.39, 0.29) is 5.92 Å². The molecule has 4 heteroatoms. The summed E-state index contributed by atoms with van der Waals surface area (Å²) in [6.07, 6.45) is 1.16. The number of carboxylic acids is 1. The van der Waals surface area contributed by atoms with Crippen LogP contribution in [0.25, 0.3) is 0 Å². The van der Waals surface area contributed by atoms with Gasteiger partial charge in [-0.1, -0.05) is 29.8 Å². The van der Waals surface area contributed by atoms with E-state index in [1.165, 1.54) is 5.56 Å². The van der Waals surface area contributed by atoms with E-state index in [0.29, 0.717) is 12.8 Å². The first kappa shape index (κ1) is 14.3. The van der Waals surface area contributed by atoms with Crippen LogP contribution in [0.4, 0.5) is 0 Å². The highest BCUT2D eigenvalue weighted by molar-refractivity contribution is 9.10. The average Bonchev–Trinajstić information content (AvgIpc) is 2.76. The van der Waals surface area contributed by atoms with Crippen molar-refractivity contribution in [2.75, 3.05) is 0 Å². The molecule has 0 radical (unpaired) electrons. The van der Waals surface area contributed by atoms with E-state index in [0.717, 1.165) is 14.9 Å². The van der Waals surface area contributed by atoms with Crippen molar-refractivity contribution in [3.63, 3.8) is 0 Å². The summed E-state index contributed by atoms with van der Waals surface area (Å²) in [6, 6.07) is 10.1. The number of benzene rings is 1. The van der Waals surface area contributed by atoms with Gasteiger partial charge in [-0.05, 0) is 47.3 Å². The van der Waals surface area contributed by atoms with Crippen LogP contribution in [-0.2, 0) is 17.6 Å². The molecule has 0 fully saturated rings. The normalized spacial score (nSPS) is 12.3. The zero-order valence-electron chi connectivity index (χ0n) is 10.6. The molecule has 0 saturated carbocycles. The summed E-state index contributed by atoms with van der Waals surface area (Å²) in [7, 11) is 0. The van der Waals surface area contributed by atoms with Crippen LogP contribution in [0.5, 0.6) is 0 Å². The fourth-order valence-electron chi connectivity index (χ4n) is 1.96. The molecule has 2 nitrogen and oxygen atoms in total. The SMILES string of the molecule is Cc1ccc(CC(Cc2cc(Br)cs2)C(=O)O)cc1. The number of aliphatic carboxylic acids is 1. The zero-order chi connectivity index (χ0) is 13.8. The third-order valence-corrected chi connectivity index (χ3v) is 4.74. The molecular weight excluding hydrogens is 324 g/mol. The maximum atomic E-state index is 11.4. The molecule has 0 spiro atoms. The Morgan fingerprint density at radius 2 is 2.00 bits per heavy atom. The quantitative estimate of drug-likeness (QED) is 0.882. The molecule has 1 unspecified atom stereocenters. The van der Waals surface area contributed by atoms with Crippen molar-refractivity contribution in [3.05, 3.63) is 56.2 Å². The van der Waals surface area contributed by atoms with Gasteiger partial charge in [0.15, 0.2) is 0 Å². The van der Waals surface area contributed by atoms with Gasteiger partial charge in [0.05, 0.1) is 5.92 Å². The van der Waals surface area contributed by atoms with Crippen LogP contribution in [0.3, 0.4) is 0 Å². The van der Waals surface area contributed by atoms with E-state index in [9.17, 15) is 9.90 Å². The van der Waals surface area contributed by atoms with Gasteiger partial charge in [-0.25, -0.2) is 0 Å².